The van der Waals surface area contributed by atoms with E-state index in [4.69, 9.17) is 19.0 Å². The smallest absolute Gasteiger partial charge is 0.465 e. The number of rotatable bonds is 8. The molecule has 8 nitrogen and oxygen atoms in total. The van der Waals surface area contributed by atoms with Gasteiger partial charge in [-0.3, -0.25) is 0 Å². The number of piperidine rings is 1. The molecule has 1 aliphatic carbocycles. The Balaban J connectivity index is 1.10. The van der Waals surface area contributed by atoms with Crippen LogP contribution < -0.4 is 9.64 Å². The van der Waals surface area contributed by atoms with Crippen LogP contribution in [0.15, 0.2) is 40.9 Å². The molecule has 12 heteroatoms. The molecule has 2 aromatic heterocycles. The minimum atomic E-state index is -4.82. The Hall–Kier alpha value is -3.64. The predicted molar refractivity (Wildman–Crippen MR) is 153 cm³/mol. The Bertz CT molecular complexity index is 1670. The SMILES string of the molecule is COC(=O)c1cc(C)c2nc(N3[C@@H]4CC[C@H]3CC(OCc3c(-c5ccccc5OC(F)(F)F)noc3C3CC3)C4)sc2c1. The number of nitrogens with zero attached hydrogens (tertiary/aromatic N) is 3. The molecule has 2 aliphatic heterocycles. The maximum absolute atomic E-state index is 13.1. The van der Waals surface area contributed by atoms with E-state index in [-0.39, 0.29) is 48.0 Å². The summed E-state index contributed by atoms with van der Waals surface area (Å²) in [7, 11) is 1.38. The van der Waals surface area contributed by atoms with Crippen LogP contribution in [0.3, 0.4) is 0 Å². The number of aromatic nitrogens is 2. The first-order valence-electron chi connectivity index (χ1n) is 14.4. The number of halogens is 3. The highest BCUT2D eigenvalue weighted by molar-refractivity contribution is 7.22. The van der Waals surface area contributed by atoms with Gasteiger partial charge in [0.25, 0.3) is 0 Å². The zero-order valence-electron chi connectivity index (χ0n) is 23.6. The van der Waals surface area contributed by atoms with Gasteiger partial charge in [0.1, 0.15) is 17.2 Å². The van der Waals surface area contributed by atoms with E-state index in [1.165, 1.54) is 19.2 Å². The van der Waals surface area contributed by atoms with E-state index in [0.717, 1.165) is 59.4 Å². The van der Waals surface area contributed by atoms with Crippen LogP contribution in [-0.4, -0.2) is 47.8 Å². The maximum atomic E-state index is 13.1. The van der Waals surface area contributed by atoms with Crippen molar-refractivity contribution in [1.29, 1.82) is 0 Å². The van der Waals surface area contributed by atoms with E-state index < -0.39 is 6.36 Å². The van der Waals surface area contributed by atoms with Crippen molar-refractivity contribution in [3.05, 3.63) is 58.8 Å². The summed E-state index contributed by atoms with van der Waals surface area (Å²) in [4.78, 5) is 19.5. The van der Waals surface area contributed by atoms with Gasteiger partial charge in [-0.1, -0.05) is 28.6 Å². The normalized spacial score (nSPS) is 21.9. The van der Waals surface area contributed by atoms with Crippen molar-refractivity contribution in [2.24, 2.45) is 0 Å². The summed E-state index contributed by atoms with van der Waals surface area (Å²) in [6, 6.07) is 10.2. The van der Waals surface area contributed by atoms with E-state index in [1.807, 2.05) is 19.1 Å². The lowest BCUT2D eigenvalue weighted by Crippen LogP contribution is -2.45. The summed E-state index contributed by atoms with van der Waals surface area (Å²) in [5, 5.41) is 5.15. The van der Waals surface area contributed by atoms with Gasteiger partial charge in [0.15, 0.2) is 5.13 Å². The molecule has 1 unspecified atom stereocenters. The number of thiazole rings is 1. The fraction of sp³-hybridized carbons (Fsp3) is 0.452. The number of hydrogen-bond donors (Lipinski definition) is 0. The Kier molecular flexibility index (Phi) is 7.08. The number of anilines is 1. The monoisotopic (exact) mass is 613 g/mol. The van der Waals surface area contributed by atoms with Gasteiger partial charge in [-0.2, -0.15) is 0 Å². The van der Waals surface area contributed by atoms with Crippen LogP contribution in [-0.2, 0) is 16.1 Å². The fourth-order valence-electron chi connectivity index (χ4n) is 6.52. The maximum Gasteiger partial charge on any atom is 0.573 e. The number of hydrogen-bond acceptors (Lipinski definition) is 9. The molecule has 2 bridgehead atoms. The molecule has 43 heavy (non-hydrogen) atoms. The number of benzene rings is 2. The minimum absolute atomic E-state index is 0.0211. The highest BCUT2D eigenvalue weighted by atomic mass is 32.1. The third-order valence-electron chi connectivity index (χ3n) is 8.60. The lowest BCUT2D eigenvalue weighted by atomic mass is 10.00. The van der Waals surface area contributed by atoms with Gasteiger partial charge < -0.3 is 23.6 Å². The van der Waals surface area contributed by atoms with Crippen LogP contribution in [0.4, 0.5) is 18.3 Å². The molecule has 0 amide bonds. The first-order chi connectivity index (χ1) is 20.7. The summed E-state index contributed by atoms with van der Waals surface area (Å²) in [5.41, 5.74) is 3.60. The van der Waals surface area contributed by atoms with Gasteiger partial charge in [0, 0.05) is 29.1 Å². The first kappa shape index (κ1) is 28.1. The first-order valence-corrected chi connectivity index (χ1v) is 15.2. The molecular weight excluding hydrogens is 583 g/mol. The number of fused-ring (bicyclic) bond motifs is 3. The quantitative estimate of drug-likeness (QED) is 0.189. The van der Waals surface area contributed by atoms with Crippen molar-refractivity contribution in [3.63, 3.8) is 0 Å². The molecule has 3 aliphatic rings. The van der Waals surface area contributed by atoms with Gasteiger partial charge in [-0.25, -0.2) is 9.78 Å². The summed E-state index contributed by atoms with van der Waals surface area (Å²) in [5.74, 6) is 0.211. The van der Waals surface area contributed by atoms with Crippen molar-refractivity contribution >= 4 is 32.7 Å². The van der Waals surface area contributed by atoms with Gasteiger partial charge >= 0.3 is 12.3 Å². The number of carbonyl (C=O) groups excluding carboxylic acids is 1. The third kappa shape index (κ3) is 5.46. The molecule has 3 atom stereocenters. The molecular formula is C31H30F3N3O5S. The van der Waals surface area contributed by atoms with Crippen LogP contribution in [0.2, 0.25) is 0 Å². The molecule has 226 valence electrons. The second-order valence-corrected chi connectivity index (χ2v) is 12.5. The number of alkyl halides is 3. The van der Waals surface area contributed by atoms with Crippen LogP contribution in [0.5, 0.6) is 5.75 Å². The van der Waals surface area contributed by atoms with E-state index in [9.17, 15) is 18.0 Å². The average Bonchev–Trinajstić information content (AvgIpc) is 3.48. The molecule has 7 rings (SSSR count). The zero-order valence-corrected chi connectivity index (χ0v) is 24.5. The highest BCUT2D eigenvalue weighted by Crippen LogP contribution is 2.47. The van der Waals surface area contributed by atoms with E-state index in [2.05, 4.69) is 14.8 Å². The molecule has 2 saturated heterocycles. The zero-order chi connectivity index (χ0) is 29.9. The van der Waals surface area contributed by atoms with Crippen molar-refractivity contribution in [2.75, 3.05) is 12.0 Å². The Morgan fingerprint density at radius 2 is 1.86 bits per heavy atom. The topological polar surface area (TPSA) is 86.9 Å². The molecule has 0 N–H and O–H groups in total. The number of aryl methyl sites for hydroxylation is 1. The van der Waals surface area contributed by atoms with Crippen LogP contribution in [0.25, 0.3) is 21.5 Å². The van der Waals surface area contributed by atoms with Gasteiger partial charge in [-0.05, 0) is 75.3 Å². The number of carbonyl (C=O) groups is 1. The number of methoxy groups -OCH3 is 1. The number of para-hydroxylation sites is 1. The van der Waals surface area contributed by atoms with Crippen molar-refractivity contribution in [3.8, 4) is 17.0 Å². The largest absolute Gasteiger partial charge is 0.573 e. The van der Waals surface area contributed by atoms with Gasteiger partial charge in [0.2, 0.25) is 0 Å². The van der Waals surface area contributed by atoms with Gasteiger partial charge in [0.05, 0.1) is 35.6 Å². The third-order valence-corrected chi connectivity index (χ3v) is 9.62. The van der Waals surface area contributed by atoms with Crippen molar-refractivity contribution in [1.82, 2.24) is 10.1 Å². The highest BCUT2D eigenvalue weighted by Gasteiger charge is 2.43. The standard InChI is InChI=1S/C31H30F3N3O5S/c1-16-11-18(29(38)39-2)12-25-26(16)35-30(43-25)37-19-9-10-20(37)14-21(13-19)40-15-23-27(36-42-28(23)17-7-8-17)22-5-3-4-6-24(22)41-31(32,33)34/h3-6,11-12,17,19-21H,7-10,13-15H2,1-2H3/t19-,20+,21?. The minimum Gasteiger partial charge on any atom is -0.465 e. The molecule has 0 radical (unpaired) electrons. The molecule has 2 aromatic carbocycles. The number of esters is 1. The summed E-state index contributed by atoms with van der Waals surface area (Å²) in [6.45, 7) is 2.15. The summed E-state index contributed by atoms with van der Waals surface area (Å²) < 4.78 is 61.7. The predicted octanol–water partition coefficient (Wildman–Crippen LogP) is 7.54. The van der Waals surface area contributed by atoms with Crippen LogP contribution in [0, 0.1) is 6.92 Å². The van der Waals surface area contributed by atoms with Crippen molar-refractivity contribution in [2.45, 2.75) is 82.5 Å². The fourth-order valence-corrected chi connectivity index (χ4v) is 7.75. The lowest BCUT2D eigenvalue weighted by Gasteiger charge is -2.38. The van der Waals surface area contributed by atoms with Crippen molar-refractivity contribution < 1.29 is 36.7 Å². The Morgan fingerprint density at radius 3 is 2.56 bits per heavy atom. The van der Waals surface area contributed by atoms with Crippen LogP contribution in [0.1, 0.15) is 71.7 Å². The lowest BCUT2D eigenvalue weighted by molar-refractivity contribution is -0.274. The van der Waals surface area contributed by atoms with Gasteiger partial charge in [-0.15, -0.1) is 13.2 Å². The Labute approximate surface area is 249 Å². The summed E-state index contributed by atoms with van der Waals surface area (Å²) in [6.07, 6.45) is 0.738. The molecule has 3 fully saturated rings. The molecule has 0 spiro atoms. The second kappa shape index (κ2) is 10.8. The Morgan fingerprint density at radius 1 is 1.12 bits per heavy atom. The number of ether oxygens (including phenoxy) is 3. The van der Waals surface area contributed by atoms with E-state index >= 15 is 0 Å². The molecule has 4 aromatic rings. The second-order valence-electron chi connectivity index (χ2n) is 11.5. The average molecular weight is 614 g/mol. The van der Waals surface area contributed by atoms with E-state index in [0.29, 0.717) is 22.6 Å². The van der Waals surface area contributed by atoms with E-state index in [1.54, 1.807) is 23.5 Å². The molecule has 4 heterocycles. The molecule has 1 saturated carbocycles. The summed E-state index contributed by atoms with van der Waals surface area (Å²) >= 11 is 1.59. The van der Waals surface area contributed by atoms with Crippen LogP contribution >= 0.6 is 11.3 Å².